The molecule has 0 aliphatic heterocycles. The fourth-order valence-electron chi connectivity index (χ4n) is 2.16. The standard InChI is InChI=1S/C16H21N5O2S/c1-4-13(21-18)15-16(17)19-9-14(20-15)11-5-7-12(8-6-11)24(22,23)10(2)3/h5-10H,4,18H2,1-3H3,(H2,17,19)/b21-13+. The van der Waals surface area contributed by atoms with Crippen molar-refractivity contribution in [1.29, 1.82) is 0 Å². The van der Waals surface area contributed by atoms with E-state index in [2.05, 4.69) is 15.1 Å². The third-order valence-corrected chi connectivity index (χ3v) is 5.83. The Balaban J connectivity index is 2.45. The zero-order valence-corrected chi connectivity index (χ0v) is 14.7. The van der Waals surface area contributed by atoms with E-state index < -0.39 is 15.1 Å². The second-order valence-electron chi connectivity index (χ2n) is 5.54. The molecule has 128 valence electrons. The maximum Gasteiger partial charge on any atom is 0.180 e. The molecule has 1 aromatic carbocycles. The minimum Gasteiger partial charge on any atom is -0.382 e. The van der Waals surface area contributed by atoms with Crippen molar-refractivity contribution in [2.75, 3.05) is 5.73 Å². The Morgan fingerprint density at radius 2 is 1.88 bits per heavy atom. The van der Waals surface area contributed by atoms with Gasteiger partial charge in [-0.25, -0.2) is 18.4 Å². The van der Waals surface area contributed by atoms with Crippen molar-refractivity contribution in [1.82, 2.24) is 9.97 Å². The molecule has 4 N–H and O–H groups in total. The number of aromatic nitrogens is 2. The van der Waals surface area contributed by atoms with Gasteiger partial charge in [0.25, 0.3) is 0 Å². The van der Waals surface area contributed by atoms with Crippen LogP contribution in [0.15, 0.2) is 40.5 Å². The number of hydrazone groups is 1. The van der Waals surface area contributed by atoms with Gasteiger partial charge in [-0.05, 0) is 32.4 Å². The molecule has 0 aliphatic rings. The van der Waals surface area contributed by atoms with E-state index >= 15 is 0 Å². The topological polar surface area (TPSA) is 124 Å². The summed E-state index contributed by atoms with van der Waals surface area (Å²) >= 11 is 0. The second kappa shape index (κ2) is 6.96. The lowest BCUT2D eigenvalue weighted by Gasteiger charge is -2.10. The van der Waals surface area contributed by atoms with Gasteiger partial charge in [-0.3, -0.25) is 0 Å². The van der Waals surface area contributed by atoms with E-state index in [1.807, 2.05) is 6.92 Å². The third-order valence-electron chi connectivity index (χ3n) is 3.66. The molecule has 0 fully saturated rings. The van der Waals surface area contributed by atoms with E-state index in [-0.39, 0.29) is 10.7 Å². The molecular weight excluding hydrogens is 326 g/mol. The number of benzene rings is 1. The summed E-state index contributed by atoms with van der Waals surface area (Å²) in [6, 6.07) is 6.54. The molecule has 0 unspecified atom stereocenters. The summed E-state index contributed by atoms with van der Waals surface area (Å²) in [6.07, 6.45) is 2.11. The van der Waals surface area contributed by atoms with Gasteiger partial charge in [-0.1, -0.05) is 19.1 Å². The van der Waals surface area contributed by atoms with Crippen molar-refractivity contribution in [3.05, 3.63) is 36.2 Å². The normalized spacial score (nSPS) is 12.6. The Bertz CT molecular complexity index is 859. The first-order valence-corrected chi connectivity index (χ1v) is 9.09. The molecule has 0 bridgehead atoms. The monoisotopic (exact) mass is 347 g/mol. The predicted octanol–water partition coefficient (Wildman–Crippen LogP) is 1.98. The van der Waals surface area contributed by atoms with E-state index in [0.29, 0.717) is 23.5 Å². The number of hydrogen-bond acceptors (Lipinski definition) is 7. The van der Waals surface area contributed by atoms with Crippen LogP contribution >= 0.6 is 0 Å². The van der Waals surface area contributed by atoms with Crippen molar-refractivity contribution >= 4 is 21.4 Å². The summed E-state index contributed by atoms with van der Waals surface area (Å²) in [7, 11) is -3.30. The molecule has 0 saturated heterocycles. The molecule has 0 amide bonds. The number of hydrogen-bond donors (Lipinski definition) is 2. The lowest BCUT2D eigenvalue weighted by Crippen LogP contribution is -2.13. The molecule has 2 rings (SSSR count). The van der Waals surface area contributed by atoms with E-state index in [1.165, 1.54) is 6.20 Å². The van der Waals surface area contributed by atoms with Crippen LogP contribution in [0.1, 0.15) is 32.9 Å². The zero-order chi connectivity index (χ0) is 17.9. The van der Waals surface area contributed by atoms with Gasteiger partial charge < -0.3 is 11.6 Å². The van der Waals surface area contributed by atoms with Crippen LogP contribution in [-0.2, 0) is 9.84 Å². The van der Waals surface area contributed by atoms with E-state index in [0.717, 1.165) is 5.56 Å². The van der Waals surface area contributed by atoms with Crippen molar-refractivity contribution < 1.29 is 8.42 Å². The fourth-order valence-corrected chi connectivity index (χ4v) is 3.22. The molecule has 7 nitrogen and oxygen atoms in total. The number of rotatable bonds is 5. The number of nitrogens with zero attached hydrogens (tertiary/aromatic N) is 3. The quantitative estimate of drug-likeness (QED) is 0.484. The molecule has 24 heavy (non-hydrogen) atoms. The van der Waals surface area contributed by atoms with Gasteiger partial charge in [0.15, 0.2) is 15.7 Å². The van der Waals surface area contributed by atoms with Crippen LogP contribution in [0.2, 0.25) is 0 Å². The van der Waals surface area contributed by atoms with Crippen LogP contribution in [-0.4, -0.2) is 29.3 Å². The third kappa shape index (κ3) is 3.38. The number of sulfone groups is 1. The highest BCUT2D eigenvalue weighted by Gasteiger charge is 2.19. The summed E-state index contributed by atoms with van der Waals surface area (Å²) < 4.78 is 24.3. The molecule has 8 heteroatoms. The van der Waals surface area contributed by atoms with Gasteiger partial charge in [0.05, 0.1) is 27.7 Å². The van der Waals surface area contributed by atoms with Crippen molar-refractivity contribution in [2.45, 2.75) is 37.3 Å². The maximum atomic E-state index is 12.2. The lowest BCUT2D eigenvalue weighted by atomic mass is 10.1. The van der Waals surface area contributed by atoms with Gasteiger partial charge in [0.2, 0.25) is 0 Å². The molecule has 0 radical (unpaired) electrons. The van der Waals surface area contributed by atoms with Crippen LogP contribution in [0.25, 0.3) is 11.3 Å². The predicted molar refractivity (Wildman–Crippen MR) is 95.2 cm³/mol. The average Bonchev–Trinajstić information content (AvgIpc) is 2.57. The average molecular weight is 347 g/mol. The van der Waals surface area contributed by atoms with Crippen LogP contribution in [0.3, 0.4) is 0 Å². The summed E-state index contributed by atoms with van der Waals surface area (Å²) in [5, 5.41) is 3.22. The van der Waals surface area contributed by atoms with E-state index in [4.69, 9.17) is 11.6 Å². The van der Waals surface area contributed by atoms with Gasteiger partial charge >= 0.3 is 0 Å². The Morgan fingerprint density at radius 1 is 1.25 bits per heavy atom. The molecular formula is C16H21N5O2S. The molecule has 0 aliphatic carbocycles. The van der Waals surface area contributed by atoms with Crippen LogP contribution in [0.4, 0.5) is 5.82 Å². The summed E-state index contributed by atoms with van der Waals surface area (Å²) in [4.78, 5) is 8.88. The minimum absolute atomic E-state index is 0.254. The largest absolute Gasteiger partial charge is 0.382 e. The van der Waals surface area contributed by atoms with Crippen LogP contribution in [0.5, 0.6) is 0 Å². The van der Waals surface area contributed by atoms with Gasteiger partial charge in [0, 0.05) is 5.56 Å². The SMILES string of the molecule is CC/C(=N\N)c1nc(-c2ccc(S(=O)(=O)C(C)C)cc2)cnc1N. The first-order valence-electron chi connectivity index (χ1n) is 7.55. The Labute approximate surface area is 141 Å². The minimum atomic E-state index is -3.30. The molecule has 0 atom stereocenters. The molecule has 1 aromatic heterocycles. The zero-order valence-electron chi connectivity index (χ0n) is 13.9. The summed E-state index contributed by atoms with van der Waals surface area (Å²) in [5.41, 5.74) is 8.15. The van der Waals surface area contributed by atoms with Gasteiger partial charge in [-0.15, -0.1) is 0 Å². The van der Waals surface area contributed by atoms with Gasteiger partial charge in [0.1, 0.15) is 5.69 Å². The molecule has 0 saturated carbocycles. The summed E-state index contributed by atoms with van der Waals surface area (Å²) in [6.45, 7) is 5.20. The molecule has 0 spiro atoms. The highest BCUT2D eigenvalue weighted by atomic mass is 32.2. The fraction of sp³-hybridized carbons (Fsp3) is 0.312. The smallest absolute Gasteiger partial charge is 0.180 e. The Morgan fingerprint density at radius 3 is 2.38 bits per heavy atom. The maximum absolute atomic E-state index is 12.2. The first kappa shape index (κ1) is 17.9. The first-order chi connectivity index (χ1) is 11.3. The molecule has 2 aromatic rings. The second-order valence-corrected chi connectivity index (χ2v) is 8.04. The highest BCUT2D eigenvalue weighted by Crippen LogP contribution is 2.23. The van der Waals surface area contributed by atoms with Crippen molar-refractivity contribution in [3.8, 4) is 11.3 Å². The molecule has 1 heterocycles. The Hall–Kier alpha value is -2.48. The lowest BCUT2D eigenvalue weighted by molar-refractivity contribution is 0.587. The number of nitrogens with two attached hydrogens (primary N) is 2. The summed E-state index contributed by atoms with van der Waals surface area (Å²) in [5.74, 6) is 5.62. The Kier molecular flexibility index (Phi) is 5.18. The van der Waals surface area contributed by atoms with Crippen molar-refractivity contribution in [3.63, 3.8) is 0 Å². The number of nitrogen functional groups attached to an aromatic ring is 1. The van der Waals surface area contributed by atoms with Crippen LogP contribution < -0.4 is 11.6 Å². The van der Waals surface area contributed by atoms with E-state index in [1.54, 1.807) is 38.1 Å². The van der Waals surface area contributed by atoms with E-state index in [9.17, 15) is 8.42 Å². The number of anilines is 1. The highest BCUT2D eigenvalue weighted by molar-refractivity contribution is 7.92. The van der Waals surface area contributed by atoms with Crippen molar-refractivity contribution in [2.24, 2.45) is 10.9 Å². The van der Waals surface area contributed by atoms with Crippen LogP contribution in [0, 0.1) is 0 Å². The van der Waals surface area contributed by atoms with Gasteiger partial charge in [-0.2, -0.15) is 5.10 Å².